The highest BCUT2D eigenvalue weighted by molar-refractivity contribution is 9.10. The number of hydrogen-bond donors (Lipinski definition) is 1. The van der Waals surface area contributed by atoms with Gasteiger partial charge in [-0.3, -0.25) is 4.79 Å². The molecule has 2 nitrogen and oxygen atoms in total. The average Bonchev–Trinajstić information content (AvgIpc) is 2.35. The molecule has 0 bridgehead atoms. The Bertz CT molecular complexity index is 686. The Kier molecular flexibility index (Phi) is 4.74. The minimum atomic E-state index is -0.237. The van der Waals surface area contributed by atoms with E-state index in [0.29, 0.717) is 21.3 Å². The van der Waals surface area contributed by atoms with Gasteiger partial charge in [0.05, 0.1) is 16.3 Å². The lowest BCUT2D eigenvalue weighted by atomic mass is 10.1. The van der Waals surface area contributed by atoms with Crippen molar-refractivity contribution >= 4 is 50.7 Å². The van der Waals surface area contributed by atoms with Gasteiger partial charge in [0.1, 0.15) is 0 Å². The highest BCUT2D eigenvalue weighted by Crippen LogP contribution is 2.29. The van der Waals surface area contributed by atoms with E-state index in [1.807, 2.05) is 26.0 Å². The molecule has 0 unspecified atom stereocenters. The lowest BCUT2D eigenvalue weighted by molar-refractivity contribution is 0.102. The Morgan fingerprint density at radius 2 is 1.80 bits per heavy atom. The number of hydrogen-bond acceptors (Lipinski definition) is 1. The van der Waals surface area contributed by atoms with Crippen LogP contribution in [0.3, 0.4) is 0 Å². The number of rotatable bonds is 2. The number of halogens is 3. The van der Waals surface area contributed by atoms with Gasteiger partial charge in [0.2, 0.25) is 0 Å². The van der Waals surface area contributed by atoms with Gasteiger partial charge in [0, 0.05) is 9.50 Å². The second-order valence-corrected chi connectivity index (χ2v) is 6.19. The first-order valence-electron chi connectivity index (χ1n) is 5.91. The van der Waals surface area contributed by atoms with Crippen LogP contribution in [-0.4, -0.2) is 5.91 Å². The Morgan fingerprint density at radius 3 is 2.45 bits per heavy atom. The summed E-state index contributed by atoms with van der Waals surface area (Å²) in [6.45, 7) is 3.82. The van der Waals surface area contributed by atoms with Gasteiger partial charge in [-0.25, -0.2) is 0 Å². The summed E-state index contributed by atoms with van der Waals surface area (Å²) in [5.41, 5.74) is 2.99. The van der Waals surface area contributed by atoms with Gasteiger partial charge in [-0.15, -0.1) is 0 Å². The maximum absolute atomic E-state index is 12.3. The Labute approximate surface area is 136 Å². The third-order valence-electron chi connectivity index (χ3n) is 2.87. The Morgan fingerprint density at radius 1 is 1.10 bits per heavy atom. The topological polar surface area (TPSA) is 29.1 Å². The van der Waals surface area contributed by atoms with Crippen molar-refractivity contribution in [3.05, 3.63) is 61.5 Å². The fourth-order valence-corrected chi connectivity index (χ4v) is 2.84. The van der Waals surface area contributed by atoms with E-state index >= 15 is 0 Å². The first-order chi connectivity index (χ1) is 9.38. The van der Waals surface area contributed by atoms with Crippen LogP contribution in [0.5, 0.6) is 0 Å². The molecule has 1 N–H and O–H groups in total. The van der Waals surface area contributed by atoms with E-state index in [4.69, 9.17) is 23.2 Å². The molecule has 0 aliphatic heterocycles. The van der Waals surface area contributed by atoms with Crippen molar-refractivity contribution in [3.8, 4) is 0 Å². The number of carbonyl (C=O) groups is 1. The number of amides is 1. The highest BCUT2D eigenvalue weighted by atomic mass is 79.9. The van der Waals surface area contributed by atoms with Gasteiger partial charge in [-0.2, -0.15) is 0 Å². The van der Waals surface area contributed by atoms with Crippen molar-refractivity contribution in [3.63, 3.8) is 0 Å². The van der Waals surface area contributed by atoms with Crippen LogP contribution in [0, 0.1) is 13.8 Å². The molecule has 0 fully saturated rings. The molecular formula is C15H12BrCl2NO. The van der Waals surface area contributed by atoms with Crippen LogP contribution in [0.15, 0.2) is 34.8 Å². The molecule has 0 saturated heterocycles. The van der Waals surface area contributed by atoms with Crippen LogP contribution in [0.1, 0.15) is 21.5 Å². The molecule has 0 aliphatic rings. The van der Waals surface area contributed by atoms with Gasteiger partial charge in [-0.1, -0.05) is 29.3 Å². The molecule has 2 rings (SSSR count). The van der Waals surface area contributed by atoms with Crippen molar-refractivity contribution in [1.82, 2.24) is 0 Å². The molecule has 0 aromatic heterocycles. The second kappa shape index (κ2) is 6.17. The van der Waals surface area contributed by atoms with E-state index in [0.717, 1.165) is 15.6 Å². The standard InChI is InChI=1S/C15H12BrCl2NO/c1-8-3-4-10(11(16)5-8)15(20)19-14-7-12(17)9(2)6-13(14)18/h3-7H,1-2H3,(H,19,20). The Hall–Kier alpha value is -1.03. The zero-order chi connectivity index (χ0) is 14.9. The lowest BCUT2D eigenvalue weighted by Gasteiger charge is -2.10. The van der Waals surface area contributed by atoms with E-state index in [1.54, 1.807) is 18.2 Å². The van der Waals surface area contributed by atoms with Crippen molar-refractivity contribution in [2.24, 2.45) is 0 Å². The van der Waals surface area contributed by atoms with Gasteiger partial charge >= 0.3 is 0 Å². The molecule has 0 spiro atoms. The lowest BCUT2D eigenvalue weighted by Crippen LogP contribution is -2.13. The quantitative estimate of drug-likeness (QED) is 0.727. The van der Waals surface area contributed by atoms with Crippen molar-refractivity contribution < 1.29 is 4.79 Å². The van der Waals surface area contributed by atoms with Gasteiger partial charge in [0.15, 0.2) is 0 Å². The molecule has 5 heteroatoms. The summed E-state index contributed by atoms with van der Waals surface area (Å²) >= 11 is 15.5. The summed E-state index contributed by atoms with van der Waals surface area (Å²) in [4.78, 5) is 12.3. The maximum Gasteiger partial charge on any atom is 0.256 e. The predicted molar refractivity (Wildman–Crippen MR) is 88.0 cm³/mol. The van der Waals surface area contributed by atoms with E-state index in [9.17, 15) is 4.79 Å². The summed E-state index contributed by atoms with van der Waals surface area (Å²) < 4.78 is 0.740. The number of benzene rings is 2. The number of anilines is 1. The first kappa shape index (κ1) is 15.4. The molecule has 0 heterocycles. The van der Waals surface area contributed by atoms with E-state index in [2.05, 4.69) is 21.2 Å². The Balaban J connectivity index is 2.30. The number of aryl methyl sites for hydroxylation is 2. The summed E-state index contributed by atoms with van der Waals surface area (Å²) in [5.74, 6) is -0.237. The maximum atomic E-state index is 12.3. The molecule has 20 heavy (non-hydrogen) atoms. The van der Waals surface area contributed by atoms with Gasteiger partial charge < -0.3 is 5.32 Å². The van der Waals surface area contributed by atoms with Crippen molar-refractivity contribution in [2.75, 3.05) is 5.32 Å². The third kappa shape index (κ3) is 3.35. The molecule has 0 atom stereocenters. The molecule has 0 saturated carbocycles. The first-order valence-corrected chi connectivity index (χ1v) is 7.46. The molecule has 2 aromatic rings. The summed E-state index contributed by atoms with van der Waals surface area (Å²) in [5, 5.41) is 3.79. The highest BCUT2D eigenvalue weighted by Gasteiger charge is 2.13. The SMILES string of the molecule is Cc1ccc(C(=O)Nc2cc(Cl)c(C)cc2Cl)c(Br)c1. The van der Waals surface area contributed by atoms with Crippen LogP contribution in [-0.2, 0) is 0 Å². The van der Waals surface area contributed by atoms with Gasteiger partial charge in [0.25, 0.3) is 5.91 Å². The summed E-state index contributed by atoms with van der Waals surface area (Å²) in [6, 6.07) is 8.91. The summed E-state index contributed by atoms with van der Waals surface area (Å²) in [7, 11) is 0. The molecule has 0 aliphatic carbocycles. The number of carbonyl (C=O) groups excluding carboxylic acids is 1. The fraction of sp³-hybridized carbons (Fsp3) is 0.133. The summed E-state index contributed by atoms with van der Waals surface area (Å²) in [6.07, 6.45) is 0. The van der Waals surface area contributed by atoms with E-state index in [-0.39, 0.29) is 5.91 Å². The smallest absolute Gasteiger partial charge is 0.256 e. The molecule has 2 aromatic carbocycles. The molecule has 1 amide bonds. The van der Waals surface area contributed by atoms with Crippen LogP contribution in [0.25, 0.3) is 0 Å². The van der Waals surface area contributed by atoms with Crippen LogP contribution >= 0.6 is 39.1 Å². The van der Waals surface area contributed by atoms with E-state index < -0.39 is 0 Å². The second-order valence-electron chi connectivity index (χ2n) is 4.52. The molecule has 0 radical (unpaired) electrons. The monoisotopic (exact) mass is 371 g/mol. The zero-order valence-corrected chi connectivity index (χ0v) is 14.0. The minimum absolute atomic E-state index is 0.237. The van der Waals surface area contributed by atoms with E-state index in [1.165, 1.54) is 0 Å². The van der Waals surface area contributed by atoms with Gasteiger partial charge in [-0.05, 0) is 65.2 Å². The van der Waals surface area contributed by atoms with Crippen LogP contribution in [0.2, 0.25) is 10.0 Å². The number of nitrogens with one attached hydrogen (secondary N) is 1. The largest absolute Gasteiger partial charge is 0.321 e. The average molecular weight is 373 g/mol. The molecular weight excluding hydrogens is 361 g/mol. The fourth-order valence-electron chi connectivity index (χ4n) is 1.74. The minimum Gasteiger partial charge on any atom is -0.321 e. The van der Waals surface area contributed by atoms with Crippen molar-refractivity contribution in [1.29, 1.82) is 0 Å². The molecule has 104 valence electrons. The normalized spacial score (nSPS) is 10.4. The van der Waals surface area contributed by atoms with Crippen molar-refractivity contribution in [2.45, 2.75) is 13.8 Å². The van der Waals surface area contributed by atoms with Crippen LogP contribution in [0.4, 0.5) is 5.69 Å². The predicted octanol–water partition coefficient (Wildman–Crippen LogP) is 5.63. The third-order valence-corrected chi connectivity index (χ3v) is 4.24. The van der Waals surface area contributed by atoms with Crippen LogP contribution < -0.4 is 5.32 Å². The zero-order valence-electron chi connectivity index (χ0n) is 10.9.